The molecule has 0 spiro atoms. The van der Waals surface area contributed by atoms with Crippen LogP contribution in [0.2, 0.25) is 5.02 Å². The summed E-state index contributed by atoms with van der Waals surface area (Å²) in [4.78, 5) is 23.1. The normalized spacial score (nSPS) is 10.6. The molecule has 0 radical (unpaired) electrons. The first-order valence-corrected chi connectivity index (χ1v) is 9.67. The number of aromatic nitrogens is 2. The molecule has 156 valence electrons. The van der Waals surface area contributed by atoms with Gasteiger partial charge in [0.05, 0.1) is 11.5 Å². The SMILES string of the molecule is Cc1nn(CCNC(=O)c2cccc(COc3ccc(Cl)cc3)c2)c(C)c1[N+](=O)[O-]. The summed E-state index contributed by atoms with van der Waals surface area (Å²) < 4.78 is 7.24. The maximum absolute atomic E-state index is 12.5. The summed E-state index contributed by atoms with van der Waals surface area (Å²) in [5.41, 5.74) is 2.19. The zero-order valence-corrected chi connectivity index (χ0v) is 17.3. The molecule has 8 nitrogen and oxygen atoms in total. The highest BCUT2D eigenvalue weighted by molar-refractivity contribution is 6.30. The minimum atomic E-state index is -0.440. The number of nitrogens with zero attached hydrogens (tertiary/aromatic N) is 3. The van der Waals surface area contributed by atoms with E-state index in [1.54, 1.807) is 56.3 Å². The summed E-state index contributed by atoms with van der Waals surface area (Å²) in [5.74, 6) is 0.451. The highest BCUT2D eigenvalue weighted by atomic mass is 35.5. The second-order valence-corrected chi connectivity index (χ2v) is 7.13. The van der Waals surface area contributed by atoms with Crippen molar-refractivity contribution in [2.45, 2.75) is 27.0 Å². The fourth-order valence-corrected chi connectivity index (χ4v) is 3.17. The molecule has 0 aliphatic rings. The Morgan fingerprint density at radius 2 is 1.97 bits per heavy atom. The molecule has 1 heterocycles. The van der Waals surface area contributed by atoms with Crippen LogP contribution in [-0.2, 0) is 13.2 Å². The van der Waals surface area contributed by atoms with Gasteiger partial charge in [-0.1, -0.05) is 23.7 Å². The van der Waals surface area contributed by atoms with Gasteiger partial charge in [-0.25, -0.2) is 0 Å². The van der Waals surface area contributed by atoms with Crippen LogP contribution in [-0.4, -0.2) is 27.2 Å². The van der Waals surface area contributed by atoms with Crippen molar-refractivity contribution in [1.82, 2.24) is 15.1 Å². The van der Waals surface area contributed by atoms with Gasteiger partial charge in [0.25, 0.3) is 5.91 Å². The van der Waals surface area contributed by atoms with Crippen molar-refractivity contribution in [2.75, 3.05) is 6.54 Å². The second kappa shape index (κ2) is 9.41. The van der Waals surface area contributed by atoms with Crippen molar-refractivity contribution in [2.24, 2.45) is 0 Å². The minimum absolute atomic E-state index is 0.00900. The van der Waals surface area contributed by atoms with E-state index in [9.17, 15) is 14.9 Å². The molecule has 3 rings (SSSR count). The Kier molecular flexibility index (Phi) is 6.68. The molecule has 3 aromatic rings. The van der Waals surface area contributed by atoms with Gasteiger partial charge in [-0.2, -0.15) is 5.10 Å². The molecule has 1 N–H and O–H groups in total. The lowest BCUT2D eigenvalue weighted by Gasteiger charge is -2.09. The average molecular weight is 429 g/mol. The third kappa shape index (κ3) is 5.15. The van der Waals surface area contributed by atoms with Crippen LogP contribution in [0.25, 0.3) is 0 Å². The first-order valence-electron chi connectivity index (χ1n) is 9.29. The number of hydrogen-bond acceptors (Lipinski definition) is 5. The maximum atomic E-state index is 12.5. The Bertz CT molecular complexity index is 1060. The third-order valence-electron chi connectivity index (χ3n) is 4.54. The Hall–Kier alpha value is -3.39. The van der Waals surface area contributed by atoms with E-state index in [-0.39, 0.29) is 11.6 Å². The van der Waals surface area contributed by atoms with Crippen LogP contribution in [0.5, 0.6) is 5.75 Å². The van der Waals surface area contributed by atoms with E-state index in [1.165, 1.54) is 4.68 Å². The molecule has 1 amide bonds. The Labute approximate surface area is 178 Å². The van der Waals surface area contributed by atoms with Gasteiger partial charge in [-0.15, -0.1) is 0 Å². The van der Waals surface area contributed by atoms with Crippen molar-refractivity contribution in [1.29, 1.82) is 0 Å². The van der Waals surface area contributed by atoms with Gasteiger partial charge in [0, 0.05) is 17.1 Å². The molecule has 0 saturated carbocycles. The summed E-state index contributed by atoms with van der Waals surface area (Å²) in [6.07, 6.45) is 0. The van der Waals surface area contributed by atoms with E-state index >= 15 is 0 Å². The van der Waals surface area contributed by atoms with Crippen LogP contribution < -0.4 is 10.1 Å². The Balaban J connectivity index is 1.56. The average Bonchev–Trinajstić information content (AvgIpc) is 3.01. The number of nitrogens with one attached hydrogen (secondary N) is 1. The molecular formula is C21H21ClN4O4. The lowest BCUT2D eigenvalue weighted by molar-refractivity contribution is -0.386. The first-order chi connectivity index (χ1) is 14.3. The van der Waals surface area contributed by atoms with Gasteiger partial charge < -0.3 is 10.1 Å². The van der Waals surface area contributed by atoms with Crippen molar-refractivity contribution < 1.29 is 14.5 Å². The van der Waals surface area contributed by atoms with E-state index in [4.69, 9.17) is 16.3 Å². The molecule has 0 unspecified atom stereocenters. The van der Waals surface area contributed by atoms with E-state index in [0.29, 0.717) is 47.4 Å². The summed E-state index contributed by atoms with van der Waals surface area (Å²) in [7, 11) is 0. The molecule has 1 aromatic heterocycles. The maximum Gasteiger partial charge on any atom is 0.312 e. The number of benzene rings is 2. The highest BCUT2D eigenvalue weighted by Crippen LogP contribution is 2.21. The number of halogens is 1. The minimum Gasteiger partial charge on any atom is -0.489 e. The quantitative estimate of drug-likeness (QED) is 0.430. The first kappa shape index (κ1) is 21.3. The van der Waals surface area contributed by atoms with Crippen molar-refractivity contribution in [3.63, 3.8) is 0 Å². The third-order valence-corrected chi connectivity index (χ3v) is 4.80. The van der Waals surface area contributed by atoms with E-state index in [0.717, 1.165) is 5.56 Å². The van der Waals surface area contributed by atoms with E-state index < -0.39 is 4.92 Å². The molecule has 2 aromatic carbocycles. The number of carbonyl (C=O) groups is 1. The number of aryl methyl sites for hydroxylation is 1. The summed E-state index contributed by atoms with van der Waals surface area (Å²) in [5, 5.41) is 18.7. The fraction of sp³-hybridized carbons (Fsp3) is 0.238. The van der Waals surface area contributed by atoms with E-state index in [1.807, 2.05) is 6.07 Å². The number of amides is 1. The Morgan fingerprint density at radius 1 is 1.23 bits per heavy atom. The van der Waals surface area contributed by atoms with Gasteiger partial charge in [0.15, 0.2) is 0 Å². The topological polar surface area (TPSA) is 99.3 Å². The second-order valence-electron chi connectivity index (χ2n) is 6.70. The fourth-order valence-electron chi connectivity index (χ4n) is 3.05. The summed E-state index contributed by atoms with van der Waals surface area (Å²) in [6, 6.07) is 14.2. The van der Waals surface area contributed by atoms with Gasteiger partial charge in [-0.3, -0.25) is 19.6 Å². The number of ether oxygens (including phenoxy) is 1. The molecule has 9 heteroatoms. The van der Waals surface area contributed by atoms with Gasteiger partial charge in [-0.05, 0) is 55.8 Å². The summed E-state index contributed by atoms with van der Waals surface area (Å²) in [6.45, 7) is 4.19. The smallest absolute Gasteiger partial charge is 0.312 e. The standard InChI is InChI=1S/C21H21ClN4O4/c1-14-20(26(28)29)15(2)25(24-14)11-10-23-21(27)17-5-3-4-16(12-17)13-30-19-8-6-18(22)7-9-19/h3-9,12H,10-11,13H2,1-2H3,(H,23,27). The molecule has 0 atom stereocenters. The van der Waals surface area contributed by atoms with Crippen LogP contribution in [0, 0.1) is 24.0 Å². The number of hydrogen-bond donors (Lipinski definition) is 1. The number of rotatable bonds is 8. The van der Waals surface area contributed by atoms with Crippen molar-refractivity contribution in [3.05, 3.63) is 86.2 Å². The van der Waals surface area contributed by atoms with E-state index in [2.05, 4.69) is 10.4 Å². The lowest BCUT2D eigenvalue weighted by Crippen LogP contribution is -2.27. The molecule has 0 aliphatic carbocycles. The zero-order valence-electron chi connectivity index (χ0n) is 16.6. The summed E-state index contributed by atoms with van der Waals surface area (Å²) >= 11 is 5.86. The van der Waals surface area contributed by atoms with Crippen LogP contribution in [0.1, 0.15) is 27.3 Å². The predicted octanol–water partition coefficient (Wildman–Crippen LogP) is 4.07. The largest absolute Gasteiger partial charge is 0.489 e. The molecule has 0 saturated heterocycles. The molecule has 0 fully saturated rings. The number of carbonyl (C=O) groups excluding carboxylic acids is 1. The number of nitro groups is 1. The zero-order chi connectivity index (χ0) is 21.7. The predicted molar refractivity (Wildman–Crippen MR) is 113 cm³/mol. The molecule has 0 aliphatic heterocycles. The monoisotopic (exact) mass is 428 g/mol. The molecule has 0 bridgehead atoms. The van der Waals surface area contributed by atoms with Gasteiger partial charge in [0.1, 0.15) is 23.7 Å². The molecular weight excluding hydrogens is 408 g/mol. The van der Waals surface area contributed by atoms with Crippen LogP contribution >= 0.6 is 11.6 Å². The van der Waals surface area contributed by atoms with Crippen LogP contribution in [0.4, 0.5) is 5.69 Å². The van der Waals surface area contributed by atoms with Crippen molar-refractivity contribution >= 4 is 23.2 Å². The Morgan fingerprint density at radius 3 is 2.63 bits per heavy atom. The van der Waals surface area contributed by atoms with Crippen LogP contribution in [0.15, 0.2) is 48.5 Å². The molecule has 30 heavy (non-hydrogen) atoms. The van der Waals surface area contributed by atoms with Gasteiger partial charge in [0.2, 0.25) is 0 Å². The van der Waals surface area contributed by atoms with Crippen molar-refractivity contribution in [3.8, 4) is 5.75 Å². The van der Waals surface area contributed by atoms with Gasteiger partial charge >= 0.3 is 5.69 Å². The highest BCUT2D eigenvalue weighted by Gasteiger charge is 2.21. The van der Waals surface area contributed by atoms with Crippen LogP contribution in [0.3, 0.4) is 0 Å². The lowest BCUT2D eigenvalue weighted by atomic mass is 10.1.